The van der Waals surface area contributed by atoms with Gasteiger partial charge in [-0.2, -0.15) is 5.10 Å². The van der Waals surface area contributed by atoms with Gasteiger partial charge >= 0.3 is 0 Å². The molecule has 0 unspecified atom stereocenters. The van der Waals surface area contributed by atoms with E-state index >= 15 is 0 Å². The lowest BCUT2D eigenvalue weighted by atomic mass is 10.2. The van der Waals surface area contributed by atoms with Gasteiger partial charge in [0.05, 0.1) is 16.5 Å². The third-order valence-electron chi connectivity index (χ3n) is 3.08. The van der Waals surface area contributed by atoms with E-state index in [2.05, 4.69) is 15.1 Å². The number of benzene rings is 1. The van der Waals surface area contributed by atoms with Crippen LogP contribution in [0.5, 0.6) is 0 Å². The summed E-state index contributed by atoms with van der Waals surface area (Å²) in [7, 11) is -1.97. The molecule has 0 radical (unpaired) electrons. The van der Waals surface area contributed by atoms with Crippen LogP contribution in [0.2, 0.25) is 0 Å². The van der Waals surface area contributed by atoms with E-state index in [1.807, 2.05) is 6.92 Å². The van der Waals surface area contributed by atoms with Crippen molar-refractivity contribution in [1.82, 2.24) is 19.7 Å². The van der Waals surface area contributed by atoms with Crippen molar-refractivity contribution in [3.8, 4) is 0 Å². The molecule has 6 nitrogen and oxygen atoms in total. The zero-order chi connectivity index (χ0) is 14.3. The first-order chi connectivity index (χ1) is 9.50. The molecule has 3 rings (SSSR count). The summed E-state index contributed by atoms with van der Waals surface area (Å²) in [5.41, 5.74) is 1.49. The summed E-state index contributed by atoms with van der Waals surface area (Å²) in [5, 5.41) is 4.44. The van der Waals surface area contributed by atoms with Crippen molar-refractivity contribution in [3.05, 3.63) is 42.4 Å². The summed E-state index contributed by atoms with van der Waals surface area (Å²) in [4.78, 5) is 8.20. The van der Waals surface area contributed by atoms with Crippen molar-refractivity contribution >= 4 is 20.9 Å². The van der Waals surface area contributed by atoms with Gasteiger partial charge in [-0.25, -0.2) is 18.4 Å². The first-order valence-electron chi connectivity index (χ1n) is 5.94. The Kier molecular flexibility index (Phi) is 2.79. The highest BCUT2D eigenvalue weighted by Crippen LogP contribution is 2.24. The molecule has 0 N–H and O–H groups in total. The summed E-state index contributed by atoms with van der Waals surface area (Å²) in [6.45, 7) is 1.90. The summed E-state index contributed by atoms with van der Waals surface area (Å²) >= 11 is 0. The van der Waals surface area contributed by atoms with Crippen LogP contribution < -0.4 is 0 Å². The van der Waals surface area contributed by atoms with Crippen LogP contribution in [0.15, 0.2) is 46.7 Å². The Balaban J connectivity index is 2.26. The Morgan fingerprint density at radius 2 is 1.80 bits per heavy atom. The fourth-order valence-electron chi connectivity index (χ4n) is 1.98. The smallest absolute Gasteiger partial charge is 0.224 e. The predicted octanol–water partition coefficient (Wildman–Crippen LogP) is 1.50. The molecule has 0 amide bonds. The minimum absolute atomic E-state index is 0.0144. The van der Waals surface area contributed by atoms with E-state index in [9.17, 15) is 8.42 Å². The van der Waals surface area contributed by atoms with Gasteiger partial charge in [0.2, 0.25) is 9.84 Å². The lowest BCUT2D eigenvalue weighted by molar-refractivity contribution is 0.593. The van der Waals surface area contributed by atoms with Gasteiger partial charge in [0.1, 0.15) is 6.33 Å². The number of rotatable bonds is 2. The van der Waals surface area contributed by atoms with E-state index < -0.39 is 9.84 Å². The maximum Gasteiger partial charge on any atom is 0.224 e. The third-order valence-corrected chi connectivity index (χ3v) is 4.81. The molecule has 7 heteroatoms. The molecule has 0 fully saturated rings. The molecule has 0 atom stereocenters. The van der Waals surface area contributed by atoms with Crippen LogP contribution in [0.1, 0.15) is 5.56 Å². The Morgan fingerprint density at radius 3 is 2.50 bits per heavy atom. The molecule has 0 spiro atoms. The molecule has 1 aromatic carbocycles. The van der Waals surface area contributed by atoms with Gasteiger partial charge in [0.15, 0.2) is 10.7 Å². The topological polar surface area (TPSA) is 77.7 Å². The van der Waals surface area contributed by atoms with Crippen LogP contribution >= 0.6 is 0 Å². The number of nitrogens with zero attached hydrogens (tertiary/aromatic N) is 4. The number of hydrogen-bond donors (Lipinski definition) is 0. The van der Waals surface area contributed by atoms with E-state index in [0.717, 1.165) is 5.56 Å². The molecule has 0 aliphatic heterocycles. The molecular formula is C13H12N4O2S. The fraction of sp³-hybridized carbons (Fsp3) is 0.154. The lowest BCUT2D eigenvalue weighted by Gasteiger charge is -2.05. The van der Waals surface area contributed by atoms with Crippen molar-refractivity contribution in [3.63, 3.8) is 0 Å². The third kappa shape index (κ3) is 1.87. The molecule has 2 aromatic heterocycles. The van der Waals surface area contributed by atoms with Gasteiger partial charge in [-0.05, 0) is 19.1 Å². The second-order valence-electron chi connectivity index (χ2n) is 4.50. The summed E-state index contributed by atoms with van der Waals surface area (Å²) in [6, 6.07) is 6.67. The van der Waals surface area contributed by atoms with Gasteiger partial charge in [-0.3, -0.25) is 4.68 Å². The largest absolute Gasteiger partial charge is 0.250 e. The van der Waals surface area contributed by atoms with Gasteiger partial charge in [-0.15, -0.1) is 0 Å². The van der Waals surface area contributed by atoms with Crippen LogP contribution in [-0.2, 0) is 16.9 Å². The van der Waals surface area contributed by atoms with Crippen molar-refractivity contribution in [2.45, 2.75) is 16.8 Å². The molecule has 20 heavy (non-hydrogen) atoms. The second kappa shape index (κ2) is 4.38. The van der Waals surface area contributed by atoms with E-state index in [0.29, 0.717) is 11.0 Å². The number of hydrogen-bond acceptors (Lipinski definition) is 5. The zero-order valence-electron chi connectivity index (χ0n) is 11.0. The van der Waals surface area contributed by atoms with Crippen molar-refractivity contribution in [1.29, 1.82) is 0 Å². The van der Waals surface area contributed by atoms with Crippen LogP contribution in [-0.4, -0.2) is 28.2 Å². The van der Waals surface area contributed by atoms with Crippen LogP contribution in [0, 0.1) is 6.92 Å². The Labute approximate surface area is 116 Å². The van der Waals surface area contributed by atoms with Crippen molar-refractivity contribution in [2.24, 2.45) is 7.05 Å². The van der Waals surface area contributed by atoms with Crippen molar-refractivity contribution < 1.29 is 8.42 Å². The van der Waals surface area contributed by atoms with E-state index in [1.54, 1.807) is 31.3 Å². The van der Waals surface area contributed by atoms with Crippen LogP contribution in [0.3, 0.4) is 0 Å². The summed E-state index contributed by atoms with van der Waals surface area (Å²) in [6.07, 6.45) is 2.71. The van der Waals surface area contributed by atoms with Gasteiger partial charge < -0.3 is 0 Å². The number of sulfone groups is 1. The Morgan fingerprint density at radius 1 is 1.10 bits per heavy atom. The van der Waals surface area contributed by atoms with Crippen LogP contribution in [0.25, 0.3) is 11.0 Å². The zero-order valence-corrected chi connectivity index (χ0v) is 11.8. The predicted molar refractivity (Wildman–Crippen MR) is 72.9 cm³/mol. The van der Waals surface area contributed by atoms with Crippen LogP contribution in [0.4, 0.5) is 0 Å². The Bertz CT molecular complexity index is 882. The summed E-state index contributed by atoms with van der Waals surface area (Å²) in [5.74, 6) is 0. The van der Waals surface area contributed by atoms with E-state index in [-0.39, 0.29) is 9.92 Å². The van der Waals surface area contributed by atoms with Crippen molar-refractivity contribution in [2.75, 3.05) is 0 Å². The molecule has 0 saturated heterocycles. The molecule has 0 bridgehead atoms. The number of aromatic nitrogens is 4. The van der Waals surface area contributed by atoms with E-state index in [4.69, 9.17) is 0 Å². The Hall–Kier alpha value is -2.28. The molecular weight excluding hydrogens is 276 g/mol. The average Bonchev–Trinajstić information content (AvgIpc) is 2.81. The number of fused-ring (bicyclic) bond motifs is 1. The maximum atomic E-state index is 12.6. The average molecular weight is 288 g/mol. The standard InChI is InChI=1S/C13H12N4O2S/c1-9-3-5-10(6-4-9)20(18,19)13-11-7-16-17(2)12(11)14-8-15-13/h3-8H,1-2H3. The van der Waals surface area contributed by atoms with Gasteiger partial charge in [0.25, 0.3) is 0 Å². The molecule has 0 saturated carbocycles. The first-order valence-corrected chi connectivity index (χ1v) is 7.43. The number of aryl methyl sites for hydroxylation is 2. The maximum absolute atomic E-state index is 12.6. The molecule has 0 aliphatic rings. The highest BCUT2D eigenvalue weighted by Gasteiger charge is 2.23. The SMILES string of the molecule is Cc1ccc(S(=O)(=O)c2ncnc3c2cnn3C)cc1. The molecule has 0 aliphatic carbocycles. The lowest BCUT2D eigenvalue weighted by Crippen LogP contribution is -2.06. The van der Waals surface area contributed by atoms with Gasteiger partial charge in [0, 0.05) is 7.05 Å². The highest BCUT2D eigenvalue weighted by molar-refractivity contribution is 7.91. The normalized spacial score (nSPS) is 11.9. The second-order valence-corrected chi connectivity index (χ2v) is 6.37. The molecule has 3 aromatic rings. The first kappa shape index (κ1) is 12.7. The van der Waals surface area contributed by atoms with E-state index in [1.165, 1.54) is 17.2 Å². The summed E-state index contributed by atoms with van der Waals surface area (Å²) < 4.78 is 26.8. The minimum Gasteiger partial charge on any atom is -0.250 e. The quantitative estimate of drug-likeness (QED) is 0.668. The minimum atomic E-state index is -3.67. The van der Waals surface area contributed by atoms with Gasteiger partial charge in [-0.1, -0.05) is 17.7 Å². The fourth-order valence-corrected chi connectivity index (χ4v) is 3.32. The monoisotopic (exact) mass is 288 g/mol. The molecule has 2 heterocycles. The highest BCUT2D eigenvalue weighted by atomic mass is 32.2. The molecule has 102 valence electrons.